The second-order valence-electron chi connectivity index (χ2n) is 6.53. The van der Waals surface area contributed by atoms with E-state index in [1.165, 1.54) is 49.4 Å². The first-order valence-electron chi connectivity index (χ1n) is 8.70. The Morgan fingerprint density at radius 3 is 2.45 bits per heavy atom. The number of primary sulfonamides is 1. The van der Waals surface area contributed by atoms with Gasteiger partial charge in [0.25, 0.3) is 5.91 Å². The minimum atomic E-state index is -3.85. The van der Waals surface area contributed by atoms with Crippen molar-refractivity contribution in [3.63, 3.8) is 0 Å². The third-order valence-electron chi connectivity index (χ3n) is 4.34. The van der Waals surface area contributed by atoms with Crippen LogP contribution in [0.4, 0.5) is 5.69 Å². The number of rotatable bonds is 5. The van der Waals surface area contributed by atoms with Gasteiger partial charge in [-0.05, 0) is 49.4 Å². The van der Waals surface area contributed by atoms with Gasteiger partial charge in [-0.2, -0.15) is 0 Å². The highest BCUT2D eigenvalue weighted by Gasteiger charge is 2.38. The largest absolute Gasteiger partial charge is 0.508 e. The molecule has 31 heavy (non-hydrogen) atoms. The summed E-state index contributed by atoms with van der Waals surface area (Å²) in [6.07, 6.45) is 1.42. The Bertz CT molecular complexity index is 1210. The maximum Gasteiger partial charge on any atom is 0.266 e. The number of nitrogens with two attached hydrogens (primary N) is 1. The van der Waals surface area contributed by atoms with E-state index in [4.69, 9.17) is 17.4 Å². The number of anilines is 1. The molecule has 0 bridgehead atoms. The molecule has 1 fully saturated rings. The quantitative estimate of drug-likeness (QED) is 0.375. The zero-order valence-electron chi connectivity index (χ0n) is 16.0. The first-order valence-corrected chi connectivity index (χ1v) is 11.5. The first-order chi connectivity index (χ1) is 14.5. The lowest BCUT2D eigenvalue weighted by Crippen LogP contribution is -2.44. The van der Waals surface area contributed by atoms with Crippen LogP contribution in [0, 0.1) is 0 Å². The third-order valence-corrected chi connectivity index (χ3v) is 6.60. The van der Waals surface area contributed by atoms with E-state index in [2.05, 4.69) is 5.32 Å². The molecule has 0 aromatic heterocycles. The zero-order chi connectivity index (χ0) is 22.9. The van der Waals surface area contributed by atoms with Crippen LogP contribution in [-0.2, 0) is 19.6 Å². The number of phenols is 2. The van der Waals surface area contributed by atoms with Gasteiger partial charge in [0.2, 0.25) is 15.9 Å². The molecule has 3 rings (SSSR count). The van der Waals surface area contributed by atoms with Gasteiger partial charge in [0.15, 0.2) is 0 Å². The number of hydrogen-bond acceptors (Lipinski definition) is 8. The van der Waals surface area contributed by atoms with Crippen LogP contribution in [0.1, 0.15) is 12.5 Å². The van der Waals surface area contributed by atoms with Gasteiger partial charge in [0.1, 0.15) is 21.9 Å². The standard InChI is InChI=1S/C19H17N3O6S3/c1-10(17(25)21-12-3-6-14(7-4-12)31(20,27)28)22-18(26)16(30-19(22)29)8-11-2-5-13(23)9-15(11)24/h2-10,23-24H,1H3,(H,21,25)(H2,20,27,28)/b16-8-. The lowest BCUT2D eigenvalue weighted by Gasteiger charge is -2.22. The highest BCUT2D eigenvalue weighted by atomic mass is 32.2. The summed E-state index contributed by atoms with van der Waals surface area (Å²) in [7, 11) is -3.85. The number of sulfonamides is 1. The molecule has 0 aliphatic carbocycles. The molecular weight excluding hydrogens is 462 g/mol. The molecule has 2 amide bonds. The molecule has 162 valence electrons. The first kappa shape index (κ1) is 22.7. The Balaban J connectivity index is 1.75. The number of benzene rings is 2. The maximum absolute atomic E-state index is 12.8. The fourth-order valence-corrected chi connectivity index (χ4v) is 4.63. The number of aromatic hydroxyl groups is 2. The van der Waals surface area contributed by atoms with Crippen molar-refractivity contribution in [2.45, 2.75) is 17.9 Å². The number of hydrogen-bond donors (Lipinski definition) is 4. The zero-order valence-corrected chi connectivity index (χ0v) is 18.4. The average Bonchev–Trinajstić information content (AvgIpc) is 2.96. The molecular formula is C19H17N3O6S3. The molecule has 1 atom stereocenters. The van der Waals surface area contributed by atoms with Gasteiger partial charge in [-0.3, -0.25) is 14.5 Å². The Morgan fingerprint density at radius 2 is 1.87 bits per heavy atom. The van der Waals surface area contributed by atoms with Gasteiger partial charge in [0, 0.05) is 17.3 Å². The smallest absolute Gasteiger partial charge is 0.266 e. The molecule has 0 saturated carbocycles. The van der Waals surface area contributed by atoms with Gasteiger partial charge in [-0.25, -0.2) is 13.6 Å². The van der Waals surface area contributed by atoms with Gasteiger partial charge >= 0.3 is 0 Å². The van der Waals surface area contributed by atoms with Crippen molar-refractivity contribution < 1.29 is 28.2 Å². The van der Waals surface area contributed by atoms with Crippen molar-refractivity contribution in [3.05, 3.63) is 52.9 Å². The van der Waals surface area contributed by atoms with Crippen molar-refractivity contribution in [2.75, 3.05) is 5.32 Å². The molecule has 1 unspecified atom stereocenters. The van der Waals surface area contributed by atoms with Crippen molar-refractivity contribution >= 4 is 61.9 Å². The number of phenolic OH excluding ortho intramolecular Hbond substituents is 2. The van der Waals surface area contributed by atoms with E-state index in [1.807, 2.05) is 0 Å². The molecule has 1 aliphatic heterocycles. The molecule has 1 heterocycles. The van der Waals surface area contributed by atoms with Crippen LogP contribution in [0.5, 0.6) is 11.5 Å². The molecule has 0 spiro atoms. The highest BCUT2D eigenvalue weighted by molar-refractivity contribution is 8.26. The maximum atomic E-state index is 12.8. The van der Waals surface area contributed by atoms with Crippen LogP contribution < -0.4 is 10.5 Å². The summed E-state index contributed by atoms with van der Waals surface area (Å²) in [4.78, 5) is 26.7. The summed E-state index contributed by atoms with van der Waals surface area (Å²) in [6.45, 7) is 1.50. The van der Waals surface area contributed by atoms with E-state index in [0.717, 1.165) is 22.7 Å². The SMILES string of the molecule is CC(C(=O)Nc1ccc(S(N)(=O)=O)cc1)N1C(=O)/C(=C/c2ccc(O)cc2O)SC1=S. The lowest BCUT2D eigenvalue weighted by molar-refractivity contribution is -0.129. The van der Waals surface area contributed by atoms with E-state index in [-0.39, 0.29) is 25.6 Å². The van der Waals surface area contributed by atoms with E-state index in [9.17, 15) is 28.2 Å². The summed E-state index contributed by atoms with van der Waals surface area (Å²) >= 11 is 6.23. The summed E-state index contributed by atoms with van der Waals surface area (Å²) in [5.74, 6) is -1.37. The fourth-order valence-electron chi connectivity index (χ4n) is 2.70. The van der Waals surface area contributed by atoms with Crippen LogP contribution in [0.2, 0.25) is 0 Å². The Morgan fingerprint density at radius 1 is 1.23 bits per heavy atom. The van der Waals surface area contributed by atoms with Crippen molar-refractivity contribution in [3.8, 4) is 11.5 Å². The van der Waals surface area contributed by atoms with E-state index < -0.39 is 27.9 Å². The molecule has 1 saturated heterocycles. The van der Waals surface area contributed by atoms with Gasteiger partial charge in [-0.1, -0.05) is 24.0 Å². The molecule has 0 radical (unpaired) electrons. The monoisotopic (exact) mass is 479 g/mol. The van der Waals surface area contributed by atoms with Crippen molar-refractivity contribution in [1.29, 1.82) is 0 Å². The third kappa shape index (κ3) is 5.05. The number of amides is 2. The van der Waals surface area contributed by atoms with Crippen LogP contribution in [0.25, 0.3) is 6.08 Å². The summed E-state index contributed by atoms with van der Waals surface area (Å²) in [5.41, 5.74) is 0.629. The van der Waals surface area contributed by atoms with E-state index >= 15 is 0 Å². The topological polar surface area (TPSA) is 150 Å². The van der Waals surface area contributed by atoms with Crippen LogP contribution in [0.3, 0.4) is 0 Å². The van der Waals surface area contributed by atoms with Crippen molar-refractivity contribution in [1.82, 2.24) is 4.90 Å². The predicted octanol–water partition coefficient (Wildman–Crippen LogP) is 1.97. The minimum absolute atomic E-state index is 0.0990. The molecule has 12 heteroatoms. The second kappa shape index (κ2) is 8.67. The normalized spacial score (nSPS) is 16.6. The average molecular weight is 480 g/mol. The fraction of sp³-hybridized carbons (Fsp3) is 0.105. The molecule has 1 aliphatic rings. The molecule has 9 nitrogen and oxygen atoms in total. The highest BCUT2D eigenvalue weighted by Crippen LogP contribution is 2.36. The van der Waals surface area contributed by atoms with Crippen molar-refractivity contribution in [2.24, 2.45) is 5.14 Å². The number of carbonyl (C=O) groups is 2. The Kier molecular flexibility index (Phi) is 6.36. The summed E-state index contributed by atoms with van der Waals surface area (Å²) in [6, 6.07) is 8.25. The van der Waals surface area contributed by atoms with Crippen LogP contribution in [-0.4, -0.2) is 45.7 Å². The van der Waals surface area contributed by atoms with Crippen LogP contribution in [0.15, 0.2) is 52.3 Å². The number of thiocarbonyl (C=S) groups is 1. The number of carbonyl (C=O) groups excluding carboxylic acids is 2. The second-order valence-corrected chi connectivity index (χ2v) is 9.77. The van der Waals surface area contributed by atoms with Gasteiger partial charge in [-0.15, -0.1) is 0 Å². The van der Waals surface area contributed by atoms with E-state index in [1.54, 1.807) is 0 Å². The minimum Gasteiger partial charge on any atom is -0.508 e. The number of nitrogens with zero attached hydrogens (tertiary/aromatic N) is 1. The lowest BCUT2D eigenvalue weighted by atomic mass is 10.1. The summed E-state index contributed by atoms with van der Waals surface area (Å²) < 4.78 is 22.8. The predicted molar refractivity (Wildman–Crippen MR) is 121 cm³/mol. The Hall–Kier alpha value is -2.93. The molecule has 2 aromatic rings. The Labute approximate surface area is 187 Å². The summed E-state index contributed by atoms with van der Waals surface area (Å²) in [5, 5.41) is 26.9. The number of thioether (sulfide) groups is 1. The van der Waals surface area contributed by atoms with Gasteiger partial charge < -0.3 is 15.5 Å². The number of nitrogens with one attached hydrogen (secondary N) is 1. The van der Waals surface area contributed by atoms with Crippen LogP contribution >= 0.6 is 24.0 Å². The van der Waals surface area contributed by atoms with Gasteiger partial charge in [0.05, 0.1) is 9.80 Å². The van der Waals surface area contributed by atoms with E-state index in [0.29, 0.717) is 11.3 Å². The molecule has 5 N–H and O–H groups in total. The molecule has 2 aromatic carbocycles.